The van der Waals surface area contributed by atoms with Crippen molar-refractivity contribution >= 4 is 5.96 Å². The van der Waals surface area contributed by atoms with Gasteiger partial charge in [0.1, 0.15) is 0 Å². The topological polar surface area (TPSA) is 67.6 Å². The van der Waals surface area contributed by atoms with Gasteiger partial charge in [-0.05, 0) is 25.9 Å². The van der Waals surface area contributed by atoms with Crippen LogP contribution in [0.3, 0.4) is 0 Å². The molecule has 0 spiro atoms. The van der Waals surface area contributed by atoms with Crippen molar-refractivity contribution in [1.29, 1.82) is 0 Å². The molecule has 1 heterocycles. The minimum absolute atomic E-state index is 0.220. The second-order valence-electron chi connectivity index (χ2n) is 3.24. The van der Waals surface area contributed by atoms with Gasteiger partial charge in [-0.15, -0.1) is 0 Å². The number of hydrogen-bond donors (Lipinski definition) is 2. The van der Waals surface area contributed by atoms with Crippen LogP contribution in [0.4, 0.5) is 0 Å². The lowest BCUT2D eigenvalue weighted by atomic mass is 10.1. The summed E-state index contributed by atoms with van der Waals surface area (Å²) >= 11 is 0. The SMILES string of the molecule is CCN1CCCC(N=C(N)N)C1. The van der Waals surface area contributed by atoms with Gasteiger partial charge in [-0.3, -0.25) is 0 Å². The molecule has 1 fully saturated rings. The first-order chi connectivity index (χ1) is 5.72. The maximum atomic E-state index is 5.32. The molecule has 0 saturated carbocycles. The zero-order valence-electron chi connectivity index (χ0n) is 7.66. The predicted octanol–water partition coefficient (Wildman–Crippen LogP) is -0.256. The maximum Gasteiger partial charge on any atom is 0.186 e. The molecular weight excluding hydrogens is 152 g/mol. The van der Waals surface area contributed by atoms with E-state index in [0.717, 1.165) is 19.5 Å². The van der Waals surface area contributed by atoms with Gasteiger partial charge in [0, 0.05) is 6.54 Å². The first kappa shape index (κ1) is 9.32. The summed E-state index contributed by atoms with van der Waals surface area (Å²) in [4.78, 5) is 6.54. The van der Waals surface area contributed by atoms with Crippen molar-refractivity contribution in [2.24, 2.45) is 16.5 Å². The van der Waals surface area contributed by atoms with E-state index in [-0.39, 0.29) is 5.96 Å². The van der Waals surface area contributed by atoms with Crippen LogP contribution in [0, 0.1) is 0 Å². The van der Waals surface area contributed by atoms with Crippen molar-refractivity contribution in [3.8, 4) is 0 Å². The normalized spacial score (nSPS) is 25.2. The fraction of sp³-hybridized carbons (Fsp3) is 0.875. The minimum Gasteiger partial charge on any atom is -0.370 e. The molecule has 1 aliphatic heterocycles. The lowest BCUT2D eigenvalue weighted by Crippen LogP contribution is -2.39. The summed E-state index contributed by atoms with van der Waals surface area (Å²) in [5.74, 6) is 0.220. The minimum atomic E-state index is 0.220. The fourth-order valence-electron chi connectivity index (χ4n) is 1.63. The molecule has 12 heavy (non-hydrogen) atoms. The Morgan fingerprint density at radius 2 is 2.33 bits per heavy atom. The van der Waals surface area contributed by atoms with Gasteiger partial charge in [0.2, 0.25) is 0 Å². The van der Waals surface area contributed by atoms with Gasteiger partial charge in [-0.25, -0.2) is 4.99 Å². The second-order valence-corrected chi connectivity index (χ2v) is 3.24. The van der Waals surface area contributed by atoms with Crippen molar-refractivity contribution < 1.29 is 0 Å². The zero-order chi connectivity index (χ0) is 8.97. The summed E-state index contributed by atoms with van der Waals surface area (Å²) in [7, 11) is 0. The van der Waals surface area contributed by atoms with Crippen LogP contribution in [0.25, 0.3) is 0 Å². The lowest BCUT2D eigenvalue weighted by molar-refractivity contribution is 0.220. The van der Waals surface area contributed by atoms with Crippen molar-refractivity contribution in [2.45, 2.75) is 25.8 Å². The highest BCUT2D eigenvalue weighted by Gasteiger charge is 2.17. The zero-order valence-corrected chi connectivity index (χ0v) is 7.66. The molecule has 0 aromatic carbocycles. The monoisotopic (exact) mass is 170 g/mol. The quantitative estimate of drug-likeness (QED) is 0.443. The molecule has 0 aromatic heterocycles. The third kappa shape index (κ3) is 2.70. The highest BCUT2D eigenvalue weighted by molar-refractivity contribution is 5.75. The van der Waals surface area contributed by atoms with Crippen LogP contribution in [0.5, 0.6) is 0 Å². The Morgan fingerprint density at radius 1 is 1.58 bits per heavy atom. The number of piperidine rings is 1. The Kier molecular flexibility index (Phi) is 3.34. The van der Waals surface area contributed by atoms with Gasteiger partial charge in [-0.2, -0.15) is 0 Å². The molecule has 0 amide bonds. The second kappa shape index (κ2) is 4.30. The first-order valence-electron chi connectivity index (χ1n) is 4.53. The highest BCUT2D eigenvalue weighted by atomic mass is 15.2. The Morgan fingerprint density at radius 3 is 2.92 bits per heavy atom. The molecule has 0 aromatic rings. The van der Waals surface area contributed by atoms with Gasteiger partial charge in [0.15, 0.2) is 5.96 Å². The van der Waals surface area contributed by atoms with Crippen LogP contribution in [0.15, 0.2) is 4.99 Å². The summed E-state index contributed by atoms with van der Waals surface area (Å²) in [6, 6.07) is 0.323. The van der Waals surface area contributed by atoms with E-state index in [0.29, 0.717) is 6.04 Å². The summed E-state index contributed by atoms with van der Waals surface area (Å²) in [5, 5.41) is 0. The Hall–Kier alpha value is -0.770. The van der Waals surface area contributed by atoms with E-state index < -0.39 is 0 Å². The number of likely N-dealkylation sites (N-methyl/N-ethyl adjacent to an activating group) is 1. The van der Waals surface area contributed by atoms with E-state index in [1.54, 1.807) is 0 Å². The number of aliphatic imine (C=N–C) groups is 1. The molecule has 0 aliphatic carbocycles. The van der Waals surface area contributed by atoms with E-state index in [1.807, 2.05) is 0 Å². The first-order valence-corrected chi connectivity index (χ1v) is 4.53. The Balaban J connectivity index is 2.40. The molecule has 4 N–H and O–H groups in total. The lowest BCUT2D eigenvalue weighted by Gasteiger charge is -2.29. The molecule has 1 atom stereocenters. The van der Waals surface area contributed by atoms with E-state index in [2.05, 4.69) is 16.8 Å². The van der Waals surface area contributed by atoms with Crippen LogP contribution in [0.1, 0.15) is 19.8 Å². The van der Waals surface area contributed by atoms with E-state index in [1.165, 1.54) is 13.0 Å². The van der Waals surface area contributed by atoms with Gasteiger partial charge < -0.3 is 16.4 Å². The summed E-state index contributed by atoms with van der Waals surface area (Å²) in [5.41, 5.74) is 10.6. The fourth-order valence-corrected chi connectivity index (χ4v) is 1.63. The van der Waals surface area contributed by atoms with Crippen LogP contribution in [-0.2, 0) is 0 Å². The van der Waals surface area contributed by atoms with Crippen LogP contribution >= 0.6 is 0 Å². The number of rotatable bonds is 2. The van der Waals surface area contributed by atoms with Gasteiger partial charge in [0.05, 0.1) is 6.04 Å². The third-order valence-corrected chi connectivity index (χ3v) is 2.26. The standard InChI is InChI=1S/C8H18N4/c1-2-12-5-3-4-7(6-12)11-8(9)10/h7H,2-6H2,1H3,(H4,9,10,11). The van der Waals surface area contributed by atoms with E-state index in [9.17, 15) is 0 Å². The molecule has 4 nitrogen and oxygen atoms in total. The van der Waals surface area contributed by atoms with Crippen molar-refractivity contribution in [1.82, 2.24) is 4.90 Å². The average molecular weight is 170 g/mol. The van der Waals surface area contributed by atoms with Gasteiger partial charge in [-0.1, -0.05) is 6.92 Å². The molecule has 1 aliphatic rings. The summed E-state index contributed by atoms with van der Waals surface area (Å²) < 4.78 is 0. The molecule has 70 valence electrons. The predicted molar refractivity (Wildman–Crippen MR) is 50.9 cm³/mol. The largest absolute Gasteiger partial charge is 0.370 e. The molecule has 1 rings (SSSR count). The van der Waals surface area contributed by atoms with Crippen molar-refractivity contribution in [3.63, 3.8) is 0 Å². The highest BCUT2D eigenvalue weighted by Crippen LogP contribution is 2.11. The molecular formula is C8H18N4. The molecule has 0 bridgehead atoms. The third-order valence-electron chi connectivity index (χ3n) is 2.26. The van der Waals surface area contributed by atoms with Crippen LogP contribution in [-0.4, -0.2) is 36.5 Å². The van der Waals surface area contributed by atoms with E-state index in [4.69, 9.17) is 11.5 Å². The van der Waals surface area contributed by atoms with Crippen LogP contribution in [0.2, 0.25) is 0 Å². The van der Waals surface area contributed by atoms with Crippen LogP contribution < -0.4 is 11.5 Å². The number of guanidine groups is 1. The molecule has 1 saturated heterocycles. The van der Waals surface area contributed by atoms with Gasteiger partial charge in [0.25, 0.3) is 0 Å². The molecule has 4 heteroatoms. The molecule has 0 radical (unpaired) electrons. The average Bonchev–Trinajstić information content (AvgIpc) is 2.03. The summed E-state index contributed by atoms with van der Waals surface area (Å²) in [6.45, 7) is 5.45. The smallest absolute Gasteiger partial charge is 0.186 e. The number of nitrogens with two attached hydrogens (primary N) is 2. The van der Waals surface area contributed by atoms with E-state index >= 15 is 0 Å². The maximum absolute atomic E-state index is 5.32. The molecule has 1 unspecified atom stereocenters. The Bertz CT molecular complexity index is 162. The van der Waals surface area contributed by atoms with Crippen molar-refractivity contribution in [2.75, 3.05) is 19.6 Å². The number of likely N-dealkylation sites (tertiary alicyclic amines) is 1. The van der Waals surface area contributed by atoms with Gasteiger partial charge >= 0.3 is 0 Å². The summed E-state index contributed by atoms with van der Waals surface area (Å²) in [6.07, 6.45) is 2.32. The number of nitrogens with zero attached hydrogens (tertiary/aromatic N) is 2. The Labute approximate surface area is 73.6 Å². The number of hydrogen-bond acceptors (Lipinski definition) is 2. The van der Waals surface area contributed by atoms with Crippen molar-refractivity contribution in [3.05, 3.63) is 0 Å².